The maximum absolute atomic E-state index is 12.9. The van der Waals surface area contributed by atoms with Crippen molar-refractivity contribution in [3.8, 4) is 5.75 Å². The summed E-state index contributed by atoms with van der Waals surface area (Å²) in [5.41, 5.74) is -0.106. The molecule has 3 saturated heterocycles. The molecule has 3 aliphatic rings. The van der Waals surface area contributed by atoms with Crippen LogP contribution in [0, 0.1) is 10.8 Å². The number of carbonyl (C=O) groups excluding carboxylic acids is 3. The largest absolute Gasteiger partial charge is 0.497 e. The number of nitrogens with zero attached hydrogens (tertiary/aromatic N) is 2. The van der Waals surface area contributed by atoms with Gasteiger partial charge in [-0.2, -0.15) is 0 Å². The van der Waals surface area contributed by atoms with Crippen molar-refractivity contribution in [3.05, 3.63) is 29.8 Å². The van der Waals surface area contributed by atoms with E-state index in [9.17, 15) is 14.4 Å². The highest BCUT2D eigenvalue weighted by Gasteiger charge is 2.64. The Balaban J connectivity index is 1.52. The first-order chi connectivity index (χ1) is 13.4. The van der Waals surface area contributed by atoms with E-state index in [1.54, 1.807) is 38.3 Å². The quantitative estimate of drug-likeness (QED) is 0.832. The summed E-state index contributed by atoms with van der Waals surface area (Å²) in [7, 11) is 1.60. The Morgan fingerprint density at radius 2 is 1.71 bits per heavy atom. The molecule has 0 aromatic heterocycles. The number of nitrogens with one attached hydrogen (secondary N) is 1. The number of carbonyl (C=O) groups is 3. The number of hydrogen-bond donors (Lipinski definition) is 1. The van der Waals surface area contributed by atoms with Gasteiger partial charge in [0.25, 0.3) is 5.91 Å². The predicted molar refractivity (Wildman–Crippen MR) is 103 cm³/mol. The zero-order valence-corrected chi connectivity index (χ0v) is 16.5. The molecule has 3 heterocycles. The molecule has 1 aromatic rings. The third kappa shape index (κ3) is 2.75. The number of piperidine rings is 1. The van der Waals surface area contributed by atoms with E-state index in [-0.39, 0.29) is 23.1 Å². The van der Waals surface area contributed by atoms with Crippen LogP contribution in [0.2, 0.25) is 0 Å². The maximum atomic E-state index is 12.9. The van der Waals surface area contributed by atoms with Crippen molar-refractivity contribution in [3.63, 3.8) is 0 Å². The molecule has 1 atom stereocenters. The summed E-state index contributed by atoms with van der Waals surface area (Å²) in [6.07, 6.45) is 2.25. The second kappa shape index (κ2) is 6.79. The van der Waals surface area contributed by atoms with Crippen LogP contribution in [0.15, 0.2) is 24.3 Å². The van der Waals surface area contributed by atoms with Gasteiger partial charge in [-0.15, -0.1) is 0 Å². The first-order valence-corrected chi connectivity index (χ1v) is 9.88. The first-order valence-electron chi connectivity index (χ1n) is 9.88. The average molecular weight is 385 g/mol. The molecule has 4 rings (SSSR count). The monoisotopic (exact) mass is 385 g/mol. The second-order valence-corrected chi connectivity index (χ2v) is 8.26. The van der Waals surface area contributed by atoms with Crippen LogP contribution in [0.25, 0.3) is 0 Å². The minimum atomic E-state index is -0.506. The second-order valence-electron chi connectivity index (χ2n) is 8.26. The molecule has 1 N–H and O–H groups in total. The van der Waals surface area contributed by atoms with Gasteiger partial charge >= 0.3 is 0 Å². The average Bonchev–Trinajstić information content (AvgIpc) is 3.24. The molecule has 150 valence electrons. The van der Waals surface area contributed by atoms with E-state index in [4.69, 9.17) is 4.74 Å². The molecule has 3 aliphatic heterocycles. The lowest BCUT2D eigenvalue weighted by molar-refractivity contribution is -0.134. The summed E-state index contributed by atoms with van der Waals surface area (Å²) in [5.74, 6) is 0.821. The fraction of sp³-hybridized carbons (Fsp3) is 0.571. The molecule has 2 spiro atoms. The Bertz CT molecular complexity index is 798. The number of hydrogen-bond acceptors (Lipinski definition) is 4. The summed E-state index contributed by atoms with van der Waals surface area (Å²) in [6, 6.07) is 7.14. The third-order valence-corrected chi connectivity index (χ3v) is 7.03. The highest BCUT2D eigenvalue weighted by Crippen LogP contribution is 2.56. The van der Waals surface area contributed by atoms with E-state index in [1.807, 2.05) is 9.80 Å². The molecular formula is C21H27N3O4. The Morgan fingerprint density at radius 1 is 1.04 bits per heavy atom. The van der Waals surface area contributed by atoms with Crippen molar-refractivity contribution in [1.29, 1.82) is 0 Å². The van der Waals surface area contributed by atoms with Gasteiger partial charge in [0.1, 0.15) is 5.75 Å². The normalized spacial score (nSPS) is 26.0. The minimum absolute atomic E-state index is 0.00356. The van der Waals surface area contributed by atoms with Gasteiger partial charge in [-0.25, -0.2) is 0 Å². The number of benzene rings is 1. The first kappa shape index (κ1) is 18.8. The number of likely N-dealkylation sites (tertiary alicyclic amines) is 2. The number of amides is 3. The van der Waals surface area contributed by atoms with E-state index < -0.39 is 5.41 Å². The number of methoxy groups -OCH3 is 1. The van der Waals surface area contributed by atoms with Crippen molar-refractivity contribution < 1.29 is 19.1 Å². The van der Waals surface area contributed by atoms with Crippen LogP contribution < -0.4 is 10.1 Å². The Hall–Kier alpha value is -2.57. The minimum Gasteiger partial charge on any atom is -0.497 e. The fourth-order valence-electron chi connectivity index (χ4n) is 5.31. The van der Waals surface area contributed by atoms with Crippen LogP contribution in [0.3, 0.4) is 0 Å². The van der Waals surface area contributed by atoms with E-state index in [1.165, 1.54) is 0 Å². The molecular weight excluding hydrogens is 358 g/mol. The van der Waals surface area contributed by atoms with Gasteiger partial charge in [0.2, 0.25) is 11.8 Å². The van der Waals surface area contributed by atoms with Crippen molar-refractivity contribution >= 4 is 17.7 Å². The van der Waals surface area contributed by atoms with Crippen LogP contribution in [0.5, 0.6) is 5.75 Å². The van der Waals surface area contributed by atoms with Crippen molar-refractivity contribution in [1.82, 2.24) is 15.1 Å². The highest BCUT2D eigenvalue weighted by atomic mass is 16.5. The Morgan fingerprint density at radius 3 is 2.25 bits per heavy atom. The molecule has 0 aliphatic carbocycles. The standard InChI is InChI=1S/C21H27N3O4/c1-15(25)24-13-20(21(14-24)7-10-22-19(21)27)8-11-23(12-9-20)18(26)16-3-5-17(28-2)6-4-16/h3-6H,7-14H2,1-2H3,(H,22,27)/t21-/m1/s1. The van der Waals surface area contributed by atoms with Crippen LogP contribution >= 0.6 is 0 Å². The van der Waals surface area contributed by atoms with Gasteiger partial charge in [0, 0.05) is 50.6 Å². The molecule has 7 nitrogen and oxygen atoms in total. The van der Waals surface area contributed by atoms with E-state index >= 15 is 0 Å². The topological polar surface area (TPSA) is 79.0 Å². The maximum Gasteiger partial charge on any atom is 0.253 e. The molecule has 0 unspecified atom stereocenters. The smallest absolute Gasteiger partial charge is 0.253 e. The Labute approximate surface area is 165 Å². The number of ether oxygens (including phenoxy) is 1. The van der Waals surface area contributed by atoms with Crippen molar-refractivity contribution in [2.24, 2.45) is 10.8 Å². The van der Waals surface area contributed by atoms with Gasteiger partial charge < -0.3 is 19.9 Å². The van der Waals surface area contributed by atoms with Crippen molar-refractivity contribution in [2.45, 2.75) is 26.2 Å². The summed E-state index contributed by atoms with van der Waals surface area (Å²) in [4.78, 5) is 41.4. The van der Waals surface area contributed by atoms with Gasteiger partial charge in [-0.05, 0) is 43.5 Å². The summed E-state index contributed by atoms with van der Waals surface area (Å²) in [5, 5.41) is 2.98. The summed E-state index contributed by atoms with van der Waals surface area (Å²) < 4.78 is 5.16. The third-order valence-electron chi connectivity index (χ3n) is 7.03. The van der Waals surface area contributed by atoms with E-state index in [2.05, 4.69) is 5.32 Å². The summed E-state index contributed by atoms with van der Waals surface area (Å²) >= 11 is 0. The summed E-state index contributed by atoms with van der Waals surface area (Å²) in [6.45, 7) is 4.56. The lowest BCUT2D eigenvalue weighted by Crippen LogP contribution is -2.53. The van der Waals surface area contributed by atoms with Gasteiger partial charge in [0.15, 0.2) is 0 Å². The predicted octanol–water partition coefficient (Wildman–Crippen LogP) is 1.29. The highest BCUT2D eigenvalue weighted by molar-refractivity contribution is 5.94. The lowest BCUT2D eigenvalue weighted by atomic mass is 9.60. The molecule has 0 radical (unpaired) electrons. The number of rotatable bonds is 2. The van der Waals surface area contributed by atoms with Crippen LogP contribution in [0.4, 0.5) is 0 Å². The molecule has 3 amide bonds. The molecule has 0 bridgehead atoms. The zero-order valence-electron chi connectivity index (χ0n) is 16.5. The molecule has 1 aromatic carbocycles. The van der Waals surface area contributed by atoms with Crippen LogP contribution in [-0.2, 0) is 9.59 Å². The lowest BCUT2D eigenvalue weighted by Gasteiger charge is -2.46. The fourth-order valence-corrected chi connectivity index (χ4v) is 5.31. The zero-order chi connectivity index (χ0) is 19.9. The van der Waals surface area contributed by atoms with Gasteiger partial charge in [0.05, 0.1) is 12.5 Å². The SMILES string of the molecule is COc1ccc(C(=O)N2CCC3(CC2)CN(C(C)=O)C[C@@]32CCNC2=O)cc1. The molecule has 28 heavy (non-hydrogen) atoms. The van der Waals surface area contributed by atoms with Crippen molar-refractivity contribution in [2.75, 3.05) is 39.8 Å². The number of fused-ring (bicyclic) bond motifs is 1. The van der Waals surface area contributed by atoms with Gasteiger partial charge in [-0.3, -0.25) is 14.4 Å². The van der Waals surface area contributed by atoms with E-state index in [0.29, 0.717) is 38.3 Å². The van der Waals surface area contributed by atoms with Crippen LogP contribution in [-0.4, -0.2) is 67.4 Å². The molecule has 3 fully saturated rings. The molecule has 7 heteroatoms. The van der Waals surface area contributed by atoms with E-state index in [0.717, 1.165) is 25.0 Å². The van der Waals surface area contributed by atoms with Crippen LogP contribution in [0.1, 0.15) is 36.5 Å². The Kier molecular flexibility index (Phi) is 4.56. The molecule has 0 saturated carbocycles. The van der Waals surface area contributed by atoms with Gasteiger partial charge in [-0.1, -0.05) is 0 Å².